The summed E-state index contributed by atoms with van der Waals surface area (Å²) in [6.45, 7) is 4.24. The fourth-order valence-electron chi connectivity index (χ4n) is 3.62. The van der Waals surface area contributed by atoms with Crippen LogP contribution in [0.15, 0.2) is 71.4 Å². The predicted molar refractivity (Wildman–Crippen MR) is 127 cm³/mol. The van der Waals surface area contributed by atoms with Gasteiger partial charge in [0.1, 0.15) is 0 Å². The van der Waals surface area contributed by atoms with Gasteiger partial charge in [-0.1, -0.05) is 23.8 Å². The smallest absolute Gasteiger partial charge is 0.363 e. The molecule has 0 saturated carbocycles. The molecule has 0 saturated heterocycles. The van der Waals surface area contributed by atoms with E-state index in [1.54, 1.807) is 42.5 Å². The summed E-state index contributed by atoms with van der Waals surface area (Å²) >= 11 is 0. The lowest BCUT2D eigenvalue weighted by Crippen LogP contribution is -2.09. The van der Waals surface area contributed by atoms with Crippen molar-refractivity contribution in [1.29, 1.82) is 0 Å². The van der Waals surface area contributed by atoms with Gasteiger partial charge in [-0.25, -0.2) is 14.6 Å². The molecule has 5 rings (SSSR count). The van der Waals surface area contributed by atoms with E-state index in [9.17, 15) is 9.59 Å². The van der Waals surface area contributed by atoms with Crippen molar-refractivity contribution in [1.82, 2.24) is 0 Å². The van der Waals surface area contributed by atoms with Crippen LogP contribution in [0.5, 0.6) is 23.0 Å². The standard InChI is InChI=1S/C27H21NO7/c1-3-31-23-13-17(12-20-27(30)35-25(28-20)18-6-4-5-16(2)11-18)7-9-22(23)34-26(29)19-8-10-21-24(14-19)33-15-32-21/h4-14H,3,15H2,1-2H3/b20-12-. The second kappa shape index (κ2) is 9.34. The van der Waals surface area contributed by atoms with Gasteiger partial charge in [0.25, 0.3) is 0 Å². The second-order valence-corrected chi connectivity index (χ2v) is 7.80. The number of carbonyl (C=O) groups is 2. The molecule has 3 aromatic carbocycles. The molecule has 2 aliphatic heterocycles. The molecule has 8 heteroatoms. The van der Waals surface area contributed by atoms with Crippen molar-refractivity contribution in [2.45, 2.75) is 13.8 Å². The Labute approximate surface area is 201 Å². The number of nitrogens with zero attached hydrogens (tertiary/aromatic N) is 1. The van der Waals surface area contributed by atoms with E-state index < -0.39 is 11.9 Å². The van der Waals surface area contributed by atoms with Crippen LogP contribution in [0, 0.1) is 6.92 Å². The number of cyclic esters (lactones) is 1. The quantitative estimate of drug-likeness (QED) is 0.293. The third-order valence-corrected chi connectivity index (χ3v) is 5.27. The van der Waals surface area contributed by atoms with Crippen molar-refractivity contribution in [2.24, 2.45) is 4.99 Å². The minimum absolute atomic E-state index is 0.114. The van der Waals surface area contributed by atoms with E-state index in [-0.39, 0.29) is 24.1 Å². The number of benzene rings is 3. The van der Waals surface area contributed by atoms with Crippen LogP contribution in [0.25, 0.3) is 6.08 Å². The van der Waals surface area contributed by atoms with Gasteiger partial charge < -0.3 is 23.7 Å². The van der Waals surface area contributed by atoms with Crippen molar-refractivity contribution in [3.63, 3.8) is 0 Å². The van der Waals surface area contributed by atoms with E-state index in [0.717, 1.165) is 11.1 Å². The van der Waals surface area contributed by atoms with Gasteiger partial charge in [-0.05, 0) is 68.0 Å². The number of hydrogen-bond acceptors (Lipinski definition) is 8. The van der Waals surface area contributed by atoms with Crippen LogP contribution in [-0.2, 0) is 9.53 Å². The lowest BCUT2D eigenvalue weighted by atomic mass is 10.1. The first-order chi connectivity index (χ1) is 17.0. The summed E-state index contributed by atoms with van der Waals surface area (Å²) in [6.07, 6.45) is 1.59. The lowest BCUT2D eigenvalue weighted by Gasteiger charge is -2.11. The molecule has 0 radical (unpaired) electrons. The maximum Gasteiger partial charge on any atom is 0.363 e. The first kappa shape index (κ1) is 22.2. The molecular weight excluding hydrogens is 450 g/mol. The Morgan fingerprint density at radius 2 is 1.89 bits per heavy atom. The highest BCUT2D eigenvalue weighted by molar-refractivity contribution is 6.12. The van der Waals surface area contributed by atoms with Gasteiger partial charge in [0, 0.05) is 5.56 Å². The summed E-state index contributed by atoms with van der Waals surface area (Å²) in [4.78, 5) is 29.4. The van der Waals surface area contributed by atoms with Gasteiger partial charge in [0.2, 0.25) is 12.7 Å². The second-order valence-electron chi connectivity index (χ2n) is 7.80. The normalized spacial score (nSPS) is 15.1. The number of aryl methyl sites for hydroxylation is 1. The Morgan fingerprint density at radius 1 is 1.03 bits per heavy atom. The van der Waals surface area contributed by atoms with Gasteiger partial charge in [-0.3, -0.25) is 0 Å². The molecule has 3 aromatic rings. The molecule has 2 aliphatic rings. The van der Waals surface area contributed by atoms with E-state index >= 15 is 0 Å². The van der Waals surface area contributed by atoms with Crippen LogP contribution < -0.4 is 18.9 Å². The predicted octanol–water partition coefficient (Wildman–Crippen LogP) is 4.69. The van der Waals surface area contributed by atoms with E-state index in [1.807, 2.05) is 38.1 Å². The number of carbonyl (C=O) groups excluding carboxylic acids is 2. The highest BCUT2D eigenvalue weighted by atomic mass is 16.7. The summed E-state index contributed by atoms with van der Waals surface area (Å²) in [5.41, 5.74) is 2.87. The first-order valence-electron chi connectivity index (χ1n) is 11.0. The van der Waals surface area contributed by atoms with Crippen molar-refractivity contribution < 1.29 is 33.3 Å². The van der Waals surface area contributed by atoms with Crippen LogP contribution in [-0.4, -0.2) is 31.2 Å². The number of ether oxygens (including phenoxy) is 5. The topological polar surface area (TPSA) is 92.7 Å². The number of hydrogen-bond donors (Lipinski definition) is 0. The number of fused-ring (bicyclic) bond motifs is 1. The molecule has 2 heterocycles. The monoisotopic (exact) mass is 471 g/mol. The number of rotatable bonds is 6. The zero-order valence-electron chi connectivity index (χ0n) is 19.1. The highest BCUT2D eigenvalue weighted by Gasteiger charge is 2.24. The third kappa shape index (κ3) is 4.72. The summed E-state index contributed by atoms with van der Waals surface area (Å²) < 4.78 is 27.2. The maximum absolute atomic E-state index is 12.7. The van der Waals surface area contributed by atoms with Crippen LogP contribution in [0.1, 0.15) is 34.0 Å². The fourth-order valence-corrected chi connectivity index (χ4v) is 3.62. The van der Waals surface area contributed by atoms with Crippen LogP contribution >= 0.6 is 0 Å². The molecular formula is C27H21NO7. The van der Waals surface area contributed by atoms with Crippen molar-refractivity contribution in [3.05, 3.63) is 88.6 Å². The number of aliphatic imine (C=N–C) groups is 1. The zero-order chi connectivity index (χ0) is 24.4. The molecule has 8 nitrogen and oxygen atoms in total. The Balaban J connectivity index is 1.39. The van der Waals surface area contributed by atoms with Crippen LogP contribution in [0.3, 0.4) is 0 Å². The molecule has 0 aromatic heterocycles. The van der Waals surface area contributed by atoms with E-state index in [2.05, 4.69) is 4.99 Å². The summed E-state index contributed by atoms with van der Waals surface area (Å²) in [6, 6.07) is 17.4. The Kier molecular flexibility index (Phi) is 5.93. The van der Waals surface area contributed by atoms with Crippen molar-refractivity contribution in [3.8, 4) is 23.0 Å². The molecule has 0 bridgehead atoms. The van der Waals surface area contributed by atoms with Gasteiger partial charge in [0.05, 0.1) is 12.2 Å². The average Bonchev–Trinajstić information content (AvgIpc) is 3.47. The first-order valence-corrected chi connectivity index (χ1v) is 11.0. The molecule has 0 fully saturated rings. The van der Waals surface area contributed by atoms with Crippen molar-refractivity contribution >= 4 is 23.9 Å². The molecule has 0 atom stereocenters. The minimum atomic E-state index is -0.567. The molecule has 176 valence electrons. The molecule has 35 heavy (non-hydrogen) atoms. The summed E-state index contributed by atoms with van der Waals surface area (Å²) in [5, 5.41) is 0. The van der Waals surface area contributed by atoms with Crippen LogP contribution in [0.2, 0.25) is 0 Å². The molecule has 0 aliphatic carbocycles. The lowest BCUT2D eigenvalue weighted by molar-refractivity contribution is -0.129. The Morgan fingerprint density at radius 3 is 2.71 bits per heavy atom. The van der Waals surface area contributed by atoms with Gasteiger partial charge in [0.15, 0.2) is 28.7 Å². The Hall–Kier alpha value is -4.59. The number of esters is 2. The van der Waals surface area contributed by atoms with E-state index in [4.69, 9.17) is 23.7 Å². The average molecular weight is 471 g/mol. The Bertz CT molecular complexity index is 1390. The minimum Gasteiger partial charge on any atom is -0.490 e. The molecule has 0 unspecified atom stereocenters. The maximum atomic E-state index is 12.7. The van der Waals surface area contributed by atoms with Gasteiger partial charge in [-0.2, -0.15) is 0 Å². The van der Waals surface area contributed by atoms with Crippen molar-refractivity contribution in [2.75, 3.05) is 13.4 Å². The largest absolute Gasteiger partial charge is 0.490 e. The zero-order valence-corrected chi connectivity index (χ0v) is 19.1. The fraction of sp³-hybridized carbons (Fsp3) is 0.148. The molecule has 0 N–H and O–H groups in total. The van der Waals surface area contributed by atoms with E-state index in [1.165, 1.54) is 0 Å². The third-order valence-electron chi connectivity index (χ3n) is 5.27. The van der Waals surface area contributed by atoms with E-state index in [0.29, 0.717) is 35.0 Å². The summed E-state index contributed by atoms with van der Waals surface area (Å²) in [7, 11) is 0. The molecule has 0 spiro atoms. The van der Waals surface area contributed by atoms with Crippen LogP contribution in [0.4, 0.5) is 0 Å². The molecule has 0 amide bonds. The highest BCUT2D eigenvalue weighted by Crippen LogP contribution is 2.34. The summed E-state index contributed by atoms with van der Waals surface area (Å²) in [5.74, 6) is 0.803. The van der Waals surface area contributed by atoms with Gasteiger partial charge >= 0.3 is 11.9 Å². The van der Waals surface area contributed by atoms with Gasteiger partial charge in [-0.15, -0.1) is 0 Å². The SMILES string of the molecule is CCOc1cc(/C=C2\N=C(c3cccc(C)c3)OC2=O)ccc1OC(=O)c1ccc2c(c1)OCO2.